The van der Waals surface area contributed by atoms with Gasteiger partial charge in [0.15, 0.2) is 0 Å². The molecule has 1 amide bonds. The molecule has 5 heteroatoms. The summed E-state index contributed by atoms with van der Waals surface area (Å²) in [5.74, 6) is 4.94. The minimum Gasteiger partial charge on any atom is -0.317 e. The minimum absolute atomic E-state index is 0.269. The van der Waals surface area contributed by atoms with E-state index in [0.717, 1.165) is 27.1 Å². The van der Waals surface area contributed by atoms with Crippen LogP contribution < -0.4 is 11.3 Å². The van der Waals surface area contributed by atoms with Gasteiger partial charge in [0.1, 0.15) is 0 Å². The van der Waals surface area contributed by atoms with E-state index in [-0.39, 0.29) is 5.91 Å². The highest BCUT2D eigenvalue weighted by molar-refractivity contribution is 9.10. The van der Waals surface area contributed by atoms with Crippen LogP contribution in [-0.4, -0.2) is 10.5 Å². The highest BCUT2D eigenvalue weighted by atomic mass is 79.9. The number of nitrogens with one attached hydrogen (secondary N) is 1. The van der Waals surface area contributed by atoms with Crippen molar-refractivity contribution in [3.63, 3.8) is 0 Å². The van der Waals surface area contributed by atoms with Crippen LogP contribution in [0.5, 0.6) is 0 Å². The molecule has 2 rings (SSSR count). The van der Waals surface area contributed by atoms with Crippen LogP contribution in [0.1, 0.15) is 27.3 Å². The number of benzene rings is 1. The number of hydrogen-bond acceptors (Lipinski definition) is 2. The maximum absolute atomic E-state index is 11.7. The Hall–Kier alpha value is -1.59. The van der Waals surface area contributed by atoms with Gasteiger partial charge in [-0.2, -0.15) is 0 Å². The van der Waals surface area contributed by atoms with Crippen LogP contribution in [0.3, 0.4) is 0 Å². The highest BCUT2D eigenvalue weighted by Gasteiger charge is 2.16. The van der Waals surface area contributed by atoms with Gasteiger partial charge in [0.25, 0.3) is 5.91 Å². The monoisotopic (exact) mass is 321 g/mol. The van der Waals surface area contributed by atoms with Crippen molar-refractivity contribution in [1.29, 1.82) is 0 Å². The molecule has 0 atom stereocenters. The highest BCUT2D eigenvalue weighted by Crippen LogP contribution is 2.25. The van der Waals surface area contributed by atoms with Gasteiger partial charge in [-0.1, -0.05) is 15.9 Å². The number of amides is 1. The van der Waals surface area contributed by atoms with Crippen molar-refractivity contribution in [3.05, 3.63) is 51.3 Å². The Morgan fingerprint density at radius 2 is 1.95 bits per heavy atom. The van der Waals surface area contributed by atoms with Crippen molar-refractivity contribution in [1.82, 2.24) is 9.99 Å². The lowest BCUT2D eigenvalue weighted by atomic mass is 10.2. The van der Waals surface area contributed by atoms with E-state index in [1.54, 1.807) is 0 Å². The molecule has 0 aliphatic heterocycles. The first-order valence-corrected chi connectivity index (χ1v) is 6.71. The first-order valence-electron chi connectivity index (χ1n) is 5.92. The Morgan fingerprint density at radius 1 is 1.26 bits per heavy atom. The van der Waals surface area contributed by atoms with Crippen molar-refractivity contribution < 1.29 is 4.79 Å². The molecule has 0 saturated carbocycles. The molecule has 19 heavy (non-hydrogen) atoms. The molecule has 0 spiro atoms. The Bertz CT molecular complexity index is 646. The number of halogens is 1. The van der Waals surface area contributed by atoms with Crippen molar-refractivity contribution in [2.75, 3.05) is 0 Å². The molecule has 0 radical (unpaired) electrons. The third kappa shape index (κ3) is 2.43. The van der Waals surface area contributed by atoms with Crippen molar-refractivity contribution in [3.8, 4) is 5.69 Å². The summed E-state index contributed by atoms with van der Waals surface area (Å²) in [5, 5.41) is 0. The fourth-order valence-electron chi connectivity index (χ4n) is 2.31. The smallest absolute Gasteiger partial charge is 0.267 e. The number of hydrazine groups is 1. The fourth-order valence-corrected chi connectivity index (χ4v) is 2.79. The molecule has 1 aromatic heterocycles. The summed E-state index contributed by atoms with van der Waals surface area (Å²) < 4.78 is 3.10. The maximum Gasteiger partial charge on any atom is 0.267 e. The first kappa shape index (κ1) is 13.8. The van der Waals surface area contributed by atoms with Gasteiger partial charge in [0, 0.05) is 21.5 Å². The van der Waals surface area contributed by atoms with E-state index in [1.165, 1.54) is 0 Å². The second kappa shape index (κ2) is 5.19. The summed E-state index contributed by atoms with van der Waals surface area (Å²) in [6.45, 7) is 5.93. The zero-order valence-corrected chi connectivity index (χ0v) is 12.7. The average molecular weight is 322 g/mol. The van der Waals surface area contributed by atoms with Gasteiger partial charge in [-0.25, -0.2) is 5.84 Å². The zero-order chi connectivity index (χ0) is 14.2. The predicted molar refractivity (Wildman–Crippen MR) is 79.3 cm³/mol. The largest absolute Gasteiger partial charge is 0.317 e. The van der Waals surface area contributed by atoms with E-state index in [2.05, 4.69) is 32.0 Å². The molecule has 0 aliphatic carbocycles. The number of rotatable bonds is 2. The number of carbonyl (C=O) groups is 1. The number of nitrogens with two attached hydrogens (primary N) is 1. The SMILES string of the molecule is Cc1cc(Br)ccc1-n1c(C)cc(C(=O)NN)c1C. The lowest BCUT2D eigenvalue weighted by molar-refractivity contribution is 0.0953. The quantitative estimate of drug-likeness (QED) is 0.507. The van der Waals surface area contributed by atoms with Crippen molar-refractivity contribution in [2.45, 2.75) is 20.8 Å². The normalized spacial score (nSPS) is 10.6. The molecule has 100 valence electrons. The average Bonchev–Trinajstić information content (AvgIpc) is 2.65. The Balaban J connectivity index is 2.63. The molecule has 0 saturated heterocycles. The Labute approximate surface area is 120 Å². The number of nitrogen functional groups attached to an aromatic ring is 1. The van der Waals surface area contributed by atoms with Gasteiger partial charge in [0.05, 0.1) is 5.56 Å². The third-order valence-corrected chi connectivity index (χ3v) is 3.70. The van der Waals surface area contributed by atoms with E-state index < -0.39 is 0 Å². The van der Waals surface area contributed by atoms with E-state index in [9.17, 15) is 4.79 Å². The number of hydrogen-bond donors (Lipinski definition) is 2. The van der Waals surface area contributed by atoms with Crippen LogP contribution in [0.4, 0.5) is 0 Å². The molecule has 0 bridgehead atoms. The van der Waals surface area contributed by atoms with Gasteiger partial charge in [-0.05, 0) is 50.6 Å². The Morgan fingerprint density at radius 3 is 2.53 bits per heavy atom. The molecular formula is C14H16BrN3O. The number of carbonyl (C=O) groups excluding carboxylic acids is 1. The second-order valence-electron chi connectivity index (χ2n) is 4.52. The van der Waals surface area contributed by atoms with Gasteiger partial charge in [0.2, 0.25) is 0 Å². The second-order valence-corrected chi connectivity index (χ2v) is 5.44. The zero-order valence-electron chi connectivity index (χ0n) is 11.1. The standard InChI is InChI=1S/C14H16BrN3O/c1-8-6-11(15)4-5-13(8)18-9(2)7-12(10(18)3)14(19)17-16/h4-7H,16H2,1-3H3,(H,17,19). The van der Waals surface area contributed by atoms with Gasteiger partial charge in [-0.3, -0.25) is 10.2 Å². The van der Waals surface area contributed by atoms with E-state index in [1.807, 2.05) is 39.0 Å². The van der Waals surface area contributed by atoms with E-state index in [0.29, 0.717) is 5.56 Å². The summed E-state index contributed by atoms with van der Waals surface area (Å²) in [5.41, 5.74) is 6.86. The number of nitrogens with zero attached hydrogens (tertiary/aromatic N) is 1. The van der Waals surface area contributed by atoms with Gasteiger partial charge < -0.3 is 4.57 Å². The summed E-state index contributed by atoms with van der Waals surface area (Å²) in [6.07, 6.45) is 0. The first-order chi connectivity index (χ1) is 8.95. The van der Waals surface area contributed by atoms with Crippen LogP contribution in [0, 0.1) is 20.8 Å². The van der Waals surface area contributed by atoms with Crippen LogP contribution in [-0.2, 0) is 0 Å². The molecular weight excluding hydrogens is 306 g/mol. The Kier molecular flexibility index (Phi) is 3.78. The molecule has 0 fully saturated rings. The lowest BCUT2D eigenvalue weighted by Crippen LogP contribution is -2.30. The summed E-state index contributed by atoms with van der Waals surface area (Å²) >= 11 is 3.46. The van der Waals surface area contributed by atoms with Gasteiger partial charge >= 0.3 is 0 Å². The van der Waals surface area contributed by atoms with Crippen LogP contribution >= 0.6 is 15.9 Å². The fraction of sp³-hybridized carbons (Fsp3) is 0.214. The van der Waals surface area contributed by atoms with E-state index in [4.69, 9.17) is 5.84 Å². The van der Waals surface area contributed by atoms with Crippen LogP contribution in [0.25, 0.3) is 5.69 Å². The van der Waals surface area contributed by atoms with E-state index >= 15 is 0 Å². The van der Waals surface area contributed by atoms with Crippen LogP contribution in [0.15, 0.2) is 28.7 Å². The molecule has 3 N–H and O–H groups in total. The number of aryl methyl sites for hydroxylation is 2. The summed E-state index contributed by atoms with van der Waals surface area (Å²) in [4.78, 5) is 11.7. The van der Waals surface area contributed by atoms with Crippen molar-refractivity contribution in [2.24, 2.45) is 5.84 Å². The van der Waals surface area contributed by atoms with Gasteiger partial charge in [-0.15, -0.1) is 0 Å². The third-order valence-electron chi connectivity index (χ3n) is 3.21. The molecule has 4 nitrogen and oxygen atoms in total. The van der Waals surface area contributed by atoms with Crippen LogP contribution in [0.2, 0.25) is 0 Å². The molecule has 2 aromatic rings. The number of aromatic nitrogens is 1. The lowest BCUT2D eigenvalue weighted by Gasteiger charge is -2.13. The summed E-state index contributed by atoms with van der Waals surface area (Å²) in [6, 6.07) is 7.92. The summed E-state index contributed by atoms with van der Waals surface area (Å²) in [7, 11) is 0. The molecule has 0 unspecified atom stereocenters. The molecule has 0 aliphatic rings. The maximum atomic E-state index is 11.7. The van der Waals surface area contributed by atoms with Crippen molar-refractivity contribution >= 4 is 21.8 Å². The molecule has 1 aromatic carbocycles. The molecule has 1 heterocycles. The minimum atomic E-state index is -0.269. The topological polar surface area (TPSA) is 60.0 Å². The predicted octanol–water partition coefficient (Wildman–Crippen LogP) is 2.77.